The van der Waals surface area contributed by atoms with Gasteiger partial charge in [-0.05, 0) is 55.9 Å². The molecule has 1 aliphatic heterocycles. The van der Waals surface area contributed by atoms with E-state index in [0.717, 1.165) is 12.4 Å². The number of hydrogen-bond acceptors (Lipinski definition) is 4. The van der Waals surface area contributed by atoms with Gasteiger partial charge in [-0.3, -0.25) is 4.79 Å². The zero-order valence-corrected chi connectivity index (χ0v) is 12.2. The second-order valence-corrected chi connectivity index (χ2v) is 5.80. The van der Waals surface area contributed by atoms with Crippen LogP contribution in [0.4, 0.5) is 5.69 Å². The van der Waals surface area contributed by atoms with Gasteiger partial charge >= 0.3 is 5.97 Å². The van der Waals surface area contributed by atoms with E-state index in [4.69, 9.17) is 14.6 Å². The summed E-state index contributed by atoms with van der Waals surface area (Å²) in [4.78, 5) is 22.8. The van der Waals surface area contributed by atoms with E-state index < -0.39 is 18.2 Å². The Labute approximate surface area is 128 Å². The Balaban J connectivity index is 1.49. The van der Waals surface area contributed by atoms with Crippen molar-refractivity contribution in [3.05, 3.63) is 24.3 Å². The number of carbonyl (C=O) groups excluding carboxylic acids is 1. The number of nitrogens with one attached hydrogen (secondary N) is 1. The topological polar surface area (TPSA) is 84.9 Å². The van der Waals surface area contributed by atoms with Crippen molar-refractivity contribution in [2.45, 2.75) is 37.9 Å². The molecule has 2 atom stereocenters. The highest BCUT2D eigenvalue weighted by atomic mass is 16.5. The van der Waals surface area contributed by atoms with Gasteiger partial charge in [-0.2, -0.15) is 0 Å². The van der Waals surface area contributed by atoms with Crippen molar-refractivity contribution in [1.82, 2.24) is 0 Å². The molecule has 0 aromatic heterocycles. The highest BCUT2D eigenvalue weighted by molar-refractivity contribution is 5.94. The largest absolute Gasteiger partial charge is 0.493 e. The fraction of sp³-hybridized carbons (Fsp3) is 0.500. The summed E-state index contributed by atoms with van der Waals surface area (Å²) in [5.41, 5.74) is 0.645. The summed E-state index contributed by atoms with van der Waals surface area (Å²) in [5, 5.41) is 11.6. The summed E-state index contributed by atoms with van der Waals surface area (Å²) in [7, 11) is 0. The first-order chi connectivity index (χ1) is 10.6. The Kier molecular flexibility index (Phi) is 4.29. The predicted molar refractivity (Wildman–Crippen MR) is 78.8 cm³/mol. The maximum Gasteiger partial charge on any atom is 0.332 e. The molecule has 118 valence electrons. The van der Waals surface area contributed by atoms with Crippen LogP contribution in [0.5, 0.6) is 5.75 Å². The predicted octanol–water partition coefficient (Wildman–Crippen LogP) is 2.05. The lowest BCUT2D eigenvalue weighted by Crippen LogP contribution is -2.29. The first-order valence-electron chi connectivity index (χ1n) is 7.54. The maximum atomic E-state index is 12.0. The lowest BCUT2D eigenvalue weighted by atomic mass is 10.2. The number of carboxylic acids is 1. The van der Waals surface area contributed by atoms with Crippen molar-refractivity contribution in [3.63, 3.8) is 0 Å². The van der Waals surface area contributed by atoms with Gasteiger partial charge in [-0.1, -0.05) is 0 Å². The van der Waals surface area contributed by atoms with Gasteiger partial charge in [0.15, 0.2) is 6.10 Å². The van der Waals surface area contributed by atoms with E-state index in [-0.39, 0.29) is 5.91 Å². The molecule has 0 bridgehead atoms. The van der Waals surface area contributed by atoms with E-state index in [2.05, 4.69) is 5.32 Å². The molecule has 3 rings (SSSR count). The number of aliphatic carboxylic acids is 1. The fourth-order valence-electron chi connectivity index (χ4n) is 2.37. The average Bonchev–Trinajstić information content (AvgIpc) is 3.19. The van der Waals surface area contributed by atoms with E-state index in [1.54, 1.807) is 12.1 Å². The van der Waals surface area contributed by atoms with Crippen LogP contribution in [0.1, 0.15) is 25.7 Å². The third-order valence-electron chi connectivity index (χ3n) is 3.89. The quantitative estimate of drug-likeness (QED) is 0.840. The Hall–Kier alpha value is -2.08. The highest BCUT2D eigenvalue weighted by Gasteiger charge is 2.34. The SMILES string of the molecule is O=C(Nc1ccc(OCC2CC2)cc1)[C@@H]1CC[C@H](C(=O)O)O1. The summed E-state index contributed by atoms with van der Waals surface area (Å²) in [6, 6.07) is 7.16. The number of hydrogen-bond donors (Lipinski definition) is 2. The number of ether oxygens (including phenoxy) is 2. The van der Waals surface area contributed by atoms with E-state index >= 15 is 0 Å². The average molecular weight is 305 g/mol. The number of rotatable bonds is 6. The number of carboxylic acid groups (broad SMARTS) is 1. The van der Waals surface area contributed by atoms with Crippen molar-refractivity contribution in [1.29, 1.82) is 0 Å². The molecule has 1 saturated heterocycles. The lowest BCUT2D eigenvalue weighted by molar-refractivity contribution is -0.150. The van der Waals surface area contributed by atoms with Crippen LogP contribution >= 0.6 is 0 Å². The molecule has 2 N–H and O–H groups in total. The number of anilines is 1. The first kappa shape index (κ1) is 14.8. The van der Waals surface area contributed by atoms with Gasteiger partial charge in [0.2, 0.25) is 0 Å². The molecule has 1 aromatic rings. The van der Waals surface area contributed by atoms with Gasteiger partial charge in [0, 0.05) is 5.69 Å². The molecule has 1 saturated carbocycles. The first-order valence-corrected chi connectivity index (χ1v) is 7.54. The Morgan fingerprint density at radius 3 is 2.41 bits per heavy atom. The number of carbonyl (C=O) groups is 2. The van der Waals surface area contributed by atoms with Gasteiger partial charge in [-0.25, -0.2) is 4.79 Å². The summed E-state index contributed by atoms with van der Waals surface area (Å²) < 4.78 is 10.8. The van der Waals surface area contributed by atoms with Crippen molar-refractivity contribution >= 4 is 17.6 Å². The minimum Gasteiger partial charge on any atom is -0.493 e. The Bertz CT molecular complexity index is 552. The van der Waals surface area contributed by atoms with Crippen LogP contribution in [0.25, 0.3) is 0 Å². The fourth-order valence-corrected chi connectivity index (χ4v) is 2.37. The normalized spacial score (nSPS) is 24.0. The van der Waals surface area contributed by atoms with E-state index in [1.807, 2.05) is 12.1 Å². The smallest absolute Gasteiger partial charge is 0.332 e. The molecular weight excluding hydrogens is 286 g/mol. The zero-order chi connectivity index (χ0) is 15.5. The van der Waals surface area contributed by atoms with Crippen molar-refractivity contribution in [2.24, 2.45) is 5.92 Å². The minimum atomic E-state index is -1.02. The molecule has 1 aromatic carbocycles. The lowest BCUT2D eigenvalue weighted by Gasteiger charge is -2.12. The molecule has 2 aliphatic rings. The molecular formula is C16H19NO5. The molecule has 2 fully saturated rings. The summed E-state index contributed by atoms with van der Waals surface area (Å²) in [6.45, 7) is 0.748. The third-order valence-corrected chi connectivity index (χ3v) is 3.89. The summed E-state index contributed by atoms with van der Waals surface area (Å²) in [6.07, 6.45) is 1.69. The monoisotopic (exact) mass is 305 g/mol. The molecule has 1 heterocycles. The molecule has 6 nitrogen and oxygen atoms in total. The van der Waals surface area contributed by atoms with Crippen LogP contribution in [0.15, 0.2) is 24.3 Å². The molecule has 0 unspecified atom stereocenters. The molecule has 1 amide bonds. The van der Waals surface area contributed by atoms with Crippen LogP contribution in [0, 0.1) is 5.92 Å². The molecule has 0 radical (unpaired) electrons. The van der Waals surface area contributed by atoms with Gasteiger partial charge < -0.3 is 19.9 Å². The summed E-state index contributed by atoms with van der Waals surface area (Å²) in [5.74, 6) is 0.150. The van der Waals surface area contributed by atoms with Gasteiger partial charge in [-0.15, -0.1) is 0 Å². The van der Waals surface area contributed by atoms with Crippen LogP contribution < -0.4 is 10.1 Å². The molecule has 6 heteroatoms. The Morgan fingerprint density at radius 1 is 1.14 bits per heavy atom. The van der Waals surface area contributed by atoms with Crippen LogP contribution in [-0.4, -0.2) is 35.8 Å². The van der Waals surface area contributed by atoms with Gasteiger partial charge in [0.25, 0.3) is 5.91 Å². The van der Waals surface area contributed by atoms with Crippen molar-refractivity contribution in [3.8, 4) is 5.75 Å². The summed E-state index contributed by atoms with van der Waals surface area (Å²) >= 11 is 0. The van der Waals surface area contributed by atoms with Crippen LogP contribution in [0.2, 0.25) is 0 Å². The highest BCUT2D eigenvalue weighted by Crippen LogP contribution is 2.29. The standard InChI is InChI=1S/C16H19NO5/c18-15(13-7-8-14(22-13)16(19)20)17-11-3-5-12(6-4-11)21-9-10-1-2-10/h3-6,10,13-14H,1-2,7-9H2,(H,17,18)(H,19,20)/t13-,14+/m0/s1. The Morgan fingerprint density at radius 2 is 1.82 bits per heavy atom. The molecule has 22 heavy (non-hydrogen) atoms. The second-order valence-electron chi connectivity index (χ2n) is 5.80. The molecule has 0 spiro atoms. The third kappa shape index (κ3) is 3.76. The van der Waals surface area contributed by atoms with Gasteiger partial charge in [0.05, 0.1) is 6.61 Å². The van der Waals surface area contributed by atoms with E-state index in [0.29, 0.717) is 24.4 Å². The van der Waals surface area contributed by atoms with Crippen LogP contribution in [-0.2, 0) is 14.3 Å². The maximum absolute atomic E-state index is 12.0. The zero-order valence-electron chi connectivity index (χ0n) is 12.2. The van der Waals surface area contributed by atoms with Crippen LogP contribution in [0.3, 0.4) is 0 Å². The second kappa shape index (κ2) is 6.36. The number of benzene rings is 1. The van der Waals surface area contributed by atoms with E-state index in [9.17, 15) is 9.59 Å². The van der Waals surface area contributed by atoms with E-state index in [1.165, 1.54) is 12.8 Å². The van der Waals surface area contributed by atoms with Crippen molar-refractivity contribution in [2.75, 3.05) is 11.9 Å². The van der Waals surface area contributed by atoms with Crippen molar-refractivity contribution < 1.29 is 24.2 Å². The molecule has 1 aliphatic carbocycles. The van der Waals surface area contributed by atoms with Gasteiger partial charge in [0.1, 0.15) is 11.9 Å². The number of amides is 1. The minimum absolute atomic E-state index is 0.310.